The topological polar surface area (TPSA) is 12.5 Å². The van der Waals surface area contributed by atoms with Crippen molar-refractivity contribution in [3.05, 3.63) is 0 Å². The van der Waals surface area contributed by atoms with E-state index in [0.717, 1.165) is 12.0 Å². The van der Waals surface area contributed by atoms with Gasteiger partial charge in [0.1, 0.15) is 0 Å². The van der Waals surface area contributed by atoms with E-state index in [4.69, 9.17) is 0 Å². The van der Waals surface area contributed by atoms with Gasteiger partial charge in [-0.25, -0.2) is 0 Å². The molecule has 0 amide bonds. The van der Waals surface area contributed by atoms with Crippen LogP contribution in [0.25, 0.3) is 0 Å². The Morgan fingerprint density at radius 3 is 2.09 bits per heavy atom. The highest BCUT2D eigenvalue weighted by Gasteiger charge is 2.34. The standard InChI is InChI=1S/C7H13N.C2H6O/c1-8-5-6-2-3-7(8)4-6;1-3-2/h6-7H,2-5H2,1H3;1-2H3/t6?,7-;/m0./s1. The summed E-state index contributed by atoms with van der Waals surface area (Å²) in [5, 5.41) is 0. The molecular weight excluding hydrogens is 138 g/mol. The van der Waals surface area contributed by atoms with E-state index >= 15 is 0 Å². The number of rotatable bonds is 0. The Kier molecular flexibility index (Phi) is 3.34. The summed E-state index contributed by atoms with van der Waals surface area (Å²) in [6.07, 6.45) is 4.48. The van der Waals surface area contributed by atoms with E-state index in [1.54, 1.807) is 14.2 Å². The van der Waals surface area contributed by atoms with Crippen molar-refractivity contribution in [2.75, 3.05) is 27.8 Å². The van der Waals surface area contributed by atoms with Crippen molar-refractivity contribution in [2.24, 2.45) is 5.92 Å². The van der Waals surface area contributed by atoms with Crippen molar-refractivity contribution in [3.63, 3.8) is 0 Å². The molecule has 2 nitrogen and oxygen atoms in total. The van der Waals surface area contributed by atoms with Gasteiger partial charge >= 0.3 is 0 Å². The molecular formula is C9H19NO. The Labute approximate surface area is 69.5 Å². The fraction of sp³-hybridized carbons (Fsp3) is 1.00. The lowest BCUT2D eigenvalue weighted by Crippen LogP contribution is -2.27. The van der Waals surface area contributed by atoms with E-state index < -0.39 is 0 Å². The van der Waals surface area contributed by atoms with Crippen LogP contribution in [0.1, 0.15) is 19.3 Å². The highest BCUT2D eigenvalue weighted by atomic mass is 16.4. The van der Waals surface area contributed by atoms with Gasteiger partial charge in [0.15, 0.2) is 0 Å². The van der Waals surface area contributed by atoms with Crippen LogP contribution >= 0.6 is 0 Å². The normalized spacial score (nSPS) is 35.2. The fourth-order valence-corrected chi connectivity index (χ4v) is 2.17. The third-order valence-corrected chi connectivity index (χ3v) is 2.68. The van der Waals surface area contributed by atoms with Crippen molar-refractivity contribution < 1.29 is 4.74 Å². The third-order valence-electron chi connectivity index (χ3n) is 2.68. The lowest BCUT2D eigenvalue weighted by molar-refractivity contribution is 0.261. The highest BCUT2D eigenvalue weighted by Crippen LogP contribution is 2.35. The van der Waals surface area contributed by atoms with Gasteiger partial charge in [0.2, 0.25) is 0 Å². The Bertz CT molecular complexity index is 114. The number of fused-ring (bicyclic) bond motifs is 2. The largest absolute Gasteiger partial charge is 0.388 e. The molecule has 0 aromatic heterocycles. The molecule has 0 radical (unpaired) electrons. The van der Waals surface area contributed by atoms with E-state index in [0.29, 0.717) is 0 Å². The van der Waals surface area contributed by atoms with Crippen LogP contribution in [0.3, 0.4) is 0 Å². The van der Waals surface area contributed by atoms with Gasteiger partial charge in [-0.1, -0.05) is 0 Å². The summed E-state index contributed by atoms with van der Waals surface area (Å²) < 4.78 is 4.25. The Morgan fingerprint density at radius 2 is 1.91 bits per heavy atom. The SMILES string of the molecule is CN1CC2CC[C@H]1C2.COC. The van der Waals surface area contributed by atoms with Crippen molar-refractivity contribution in [2.45, 2.75) is 25.3 Å². The van der Waals surface area contributed by atoms with Gasteiger partial charge in [-0.15, -0.1) is 0 Å². The van der Waals surface area contributed by atoms with Gasteiger partial charge in [0.05, 0.1) is 0 Å². The first-order valence-electron chi connectivity index (χ1n) is 4.38. The van der Waals surface area contributed by atoms with Crippen LogP contribution in [0.15, 0.2) is 0 Å². The first kappa shape index (κ1) is 9.01. The molecule has 2 bridgehead atoms. The molecule has 1 heterocycles. The van der Waals surface area contributed by atoms with Crippen molar-refractivity contribution >= 4 is 0 Å². The zero-order valence-electron chi connectivity index (χ0n) is 7.84. The van der Waals surface area contributed by atoms with E-state index in [1.165, 1.54) is 25.8 Å². The lowest BCUT2D eigenvalue weighted by Gasteiger charge is -2.20. The second-order valence-electron chi connectivity index (χ2n) is 3.68. The monoisotopic (exact) mass is 157 g/mol. The third kappa shape index (κ3) is 2.17. The Balaban J connectivity index is 0.000000179. The maximum absolute atomic E-state index is 4.25. The molecule has 1 saturated carbocycles. The average molecular weight is 157 g/mol. The molecule has 2 fully saturated rings. The van der Waals surface area contributed by atoms with Crippen LogP contribution in [0.5, 0.6) is 0 Å². The summed E-state index contributed by atoms with van der Waals surface area (Å²) in [6, 6.07) is 0.972. The van der Waals surface area contributed by atoms with E-state index in [1.807, 2.05) is 0 Å². The maximum Gasteiger partial charge on any atom is 0.0351 e. The predicted molar refractivity (Wildman–Crippen MR) is 46.7 cm³/mol. The number of hydrogen-bond acceptors (Lipinski definition) is 2. The highest BCUT2D eigenvalue weighted by molar-refractivity contribution is 4.89. The summed E-state index contributed by atoms with van der Waals surface area (Å²) in [5.74, 6) is 1.07. The molecule has 1 unspecified atom stereocenters. The molecule has 0 N–H and O–H groups in total. The van der Waals surface area contributed by atoms with Crippen molar-refractivity contribution in [3.8, 4) is 0 Å². The molecule has 1 aliphatic carbocycles. The molecule has 0 aromatic rings. The van der Waals surface area contributed by atoms with Gasteiger partial charge in [0.25, 0.3) is 0 Å². The van der Waals surface area contributed by atoms with E-state index in [2.05, 4.69) is 16.7 Å². The van der Waals surface area contributed by atoms with Crippen LogP contribution in [-0.4, -0.2) is 38.8 Å². The molecule has 2 heteroatoms. The molecule has 66 valence electrons. The second kappa shape index (κ2) is 4.07. The maximum atomic E-state index is 4.25. The van der Waals surface area contributed by atoms with Crippen molar-refractivity contribution in [1.82, 2.24) is 4.90 Å². The smallest absolute Gasteiger partial charge is 0.0351 e. The van der Waals surface area contributed by atoms with Gasteiger partial charge < -0.3 is 9.64 Å². The van der Waals surface area contributed by atoms with Crippen LogP contribution in [0.4, 0.5) is 0 Å². The van der Waals surface area contributed by atoms with Crippen molar-refractivity contribution in [1.29, 1.82) is 0 Å². The Hall–Kier alpha value is -0.0800. The second-order valence-corrected chi connectivity index (χ2v) is 3.68. The number of piperidine rings is 1. The number of nitrogens with zero attached hydrogens (tertiary/aromatic N) is 1. The predicted octanol–water partition coefficient (Wildman–Crippen LogP) is 1.36. The summed E-state index contributed by atoms with van der Waals surface area (Å²) in [5.41, 5.74) is 0. The lowest BCUT2D eigenvalue weighted by atomic mass is 10.1. The zero-order chi connectivity index (χ0) is 8.27. The van der Waals surface area contributed by atoms with E-state index in [9.17, 15) is 0 Å². The first-order chi connectivity index (χ1) is 5.27. The van der Waals surface area contributed by atoms with Crippen LogP contribution in [-0.2, 0) is 4.74 Å². The molecule has 2 rings (SSSR count). The molecule has 0 spiro atoms. The quantitative estimate of drug-likeness (QED) is 0.526. The summed E-state index contributed by atoms with van der Waals surface area (Å²) in [6.45, 7) is 1.38. The van der Waals surface area contributed by atoms with Crippen LogP contribution in [0, 0.1) is 5.92 Å². The van der Waals surface area contributed by atoms with Gasteiger partial charge in [-0.2, -0.15) is 0 Å². The number of likely N-dealkylation sites (tertiary alicyclic amines) is 1. The number of ether oxygens (including phenoxy) is 1. The molecule has 11 heavy (non-hydrogen) atoms. The number of hydrogen-bond donors (Lipinski definition) is 0. The van der Waals surface area contributed by atoms with Crippen LogP contribution in [0.2, 0.25) is 0 Å². The van der Waals surface area contributed by atoms with Gasteiger partial charge in [-0.3, -0.25) is 0 Å². The minimum atomic E-state index is 0.972. The molecule has 1 aliphatic heterocycles. The van der Waals surface area contributed by atoms with Gasteiger partial charge in [0, 0.05) is 26.8 Å². The van der Waals surface area contributed by atoms with E-state index in [-0.39, 0.29) is 0 Å². The fourth-order valence-electron chi connectivity index (χ4n) is 2.17. The number of methoxy groups -OCH3 is 1. The zero-order valence-corrected chi connectivity index (χ0v) is 7.84. The first-order valence-corrected chi connectivity index (χ1v) is 4.38. The minimum Gasteiger partial charge on any atom is -0.388 e. The molecule has 0 aromatic carbocycles. The summed E-state index contributed by atoms with van der Waals surface area (Å²) in [4.78, 5) is 2.51. The minimum absolute atomic E-state index is 0.972. The molecule has 2 atom stereocenters. The van der Waals surface area contributed by atoms with Gasteiger partial charge in [-0.05, 0) is 32.2 Å². The average Bonchev–Trinajstić information content (AvgIpc) is 2.48. The Morgan fingerprint density at radius 1 is 1.27 bits per heavy atom. The summed E-state index contributed by atoms with van der Waals surface area (Å²) >= 11 is 0. The molecule has 1 saturated heterocycles. The molecule has 2 aliphatic rings. The summed E-state index contributed by atoms with van der Waals surface area (Å²) in [7, 11) is 5.50. The van der Waals surface area contributed by atoms with Crippen LogP contribution < -0.4 is 0 Å².